The standard InChI is InChI=1S/C34H29N7O2/c1-43-34(42)24-11-9-22(10-12-24)19-40-20-25(21-40)28-14-13-26(18-37-28)41-32(27-8-5-17-36-31(27)35)39-30-16-15-29(38-33(30)41)23-6-3-2-4-7-23/h2-18,25H,19-21H2,1H3,(H2,35,36). The van der Waals surface area contributed by atoms with Gasteiger partial charge in [0.05, 0.1) is 35.8 Å². The second-order valence-corrected chi connectivity index (χ2v) is 10.6. The van der Waals surface area contributed by atoms with Gasteiger partial charge in [0.25, 0.3) is 0 Å². The number of ether oxygens (including phenoxy) is 1. The van der Waals surface area contributed by atoms with Gasteiger partial charge in [-0.05, 0) is 54.1 Å². The van der Waals surface area contributed by atoms with Gasteiger partial charge in [-0.3, -0.25) is 14.5 Å². The highest BCUT2D eigenvalue weighted by Crippen LogP contribution is 2.33. The van der Waals surface area contributed by atoms with E-state index in [1.165, 1.54) is 7.11 Å². The van der Waals surface area contributed by atoms with Crippen LogP contribution in [0.5, 0.6) is 0 Å². The van der Waals surface area contributed by atoms with Gasteiger partial charge in [-0.15, -0.1) is 0 Å². The topological polar surface area (TPSA) is 112 Å². The van der Waals surface area contributed by atoms with Gasteiger partial charge < -0.3 is 10.5 Å². The van der Waals surface area contributed by atoms with E-state index < -0.39 is 0 Å². The van der Waals surface area contributed by atoms with Crippen LogP contribution in [0.2, 0.25) is 0 Å². The summed E-state index contributed by atoms with van der Waals surface area (Å²) in [6.45, 7) is 2.65. The van der Waals surface area contributed by atoms with Crippen molar-refractivity contribution in [1.82, 2.24) is 29.4 Å². The van der Waals surface area contributed by atoms with E-state index in [2.05, 4.69) is 22.0 Å². The maximum atomic E-state index is 11.7. The number of imidazole rings is 1. The third-order valence-electron chi connectivity index (χ3n) is 7.84. The Morgan fingerprint density at radius 1 is 0.907 bits per heavy atom. The highest BCUT2D eigenvalue weighted by Gasteiger charge is 2.29. The molecule has 0 spiro atoms. The molecule has 0 aliphatic carbocycles. The first-order valence-corrected chi connectivity index (χ1v) is 14.1. The van der Waals surface area contributed by atoms with E-state index in [0.29, 0.717) is 23.1 Å². The van der Waals surface area contributed by atoms with Crippen LogP contribution in [0.3, 0.4) is 0 Å². The van der Waals surface area contributed by atoms with Crippen molar-refractivity contribution in [3.8, 4) is 28.3 Å². The Hall–Kier alpha value is -5.41. The van der Waals surface area contributed by atoms with E-state index in [4.69, 9.17) is 25.4 Å². The second-order valence-electron chi connectivity index (χ2n) is 10.6. The van der Waals surface area contributed by atoms with Crippen molar-refractivity contribution in [1.29, 1.82) is 0 Å². The molecule has 2 aromatic carbocycles. The van der Waals surface area contributed by atoms with Crippen molar-refractivity contribution in [3.05, 3.63) is 120 Å². The fourth-order valence-electron chi connectivity index (χ4n) is 5.54. The van der Waals surface area contributed by atoms with Crippen LogP contribution in [-0.2, 0) is 11.3 Å². The number of nitrogens with zero attached hydrogens (tertiary/aromatic N) is 6. The Morgan fingerprint density at radius 2 is 1.72 bits per heavy atom. The van der Waals surface area contributed by atoms with Gasteiger partial charge in [-0.2, -0.15) is 0 Å². The molecule has 1 aliphatic heterocycles. The molecule has 2 N–H and O–H groups in total. The molecule has 212 valence electrons. The number of nitrogen functional groups attached to an aromatic ring is 1. The predicted octanol–water partition coefficient (Wildman–Crippen LogP) is 5.51. The smallest absolute Gasteiger partial charge is 0.337 e. The summed E-state index contributed by atoms with van der Waals surface area (Å²) >= 11 is 0. The first-order valence-electron chi connectivity index (χ1n) is 14.1. The van der Waals surface area contributed by atoms with Crippen LogP contribution in [0.25, 0.3) is 39.5 Å². The minimum atomic E-state index is -0.322. The molecule has 9 heteroatoms. The number of carbonyl (C=O) groups is 1. The highest BCUT2D eigenvalue weighted by atomic mass is 16.5. The molecule has 5 heterocycles. The lowest BCUT2D eigenvalue weighted by atomic mass is 9.95. The minimum Gasteiger partial charge on any atom is -0.465 e. The lowest BCUT2D eigenvalue weighted by Crippen LogP contribution is -2.44. The van der Waals surface area contributed by atoms with Crippen molar-refractivity contribution in [2.24, 2.45) is 0 Å². The van der Waals surface area contributed by atoms with Crippen molar-refractivity contribution in [3.63, 3.8) is 0 Å². The number of anilines is 1. The van der Waals surface area contributed by atoms with E-state index in [0.717, 1.165) is 64.6 Å². The minimum absolute atomic E-state index is 0.322. The monoisotopic (exact) mass is 567 g/mol. The molecular weight excluding hydrogens is 538 g/mol. The van der Waals surface area contributed by atoms with E-state index in [1.54, 1.807) is 6.20 Å². The third-order valence-corrected chi connectivity index (χ3v) is 7.84. The zero-order valence-electron chi connectivity index (χ0n) is 23.6. The van der Waals surface area contributed by atoms with Crippen molar-refractivity contribution >= 4 is 23.0 Å². The molecule has 7 rings (SSSR count). The summed E-state index contributed by atoms with van der Waals surface area (Å²) in [5, 5.41) is 0. The molecule has 6 aromatic rings. The van der Waals surface area contributed by atoms with Crippen LogP contribution in [0.1, 0.15) is 27.5 Å². The van der Waals surface area contributed by atoms with E-state index in [-0.39, 0.29) is 5.97 Å². The van der Waals surface area contributed by atoms with Gasteiger partial charge in [-0.1, -0.05) is 42.5 Å². The number of nitrogens with two attached hydrogens (primary N) is 1. The van der Waals surface area contributed by atoms with Crippen LogP contribution in [-0.4, -0.2) is 55.6 Å². The summed E-state index contributed by atoms with van der Waals surface area (Å²) in [5.74, 6) is 1.10. The number of likely N-dealkylation sites (tertiary alicyclic amines) is 1. The van der Waals surface area contributed by atoms with Crippen LogP contribution < -0.4 is 5.73 Å². The van der Waals surface area contributed by atoms with Crippen molar-refractivity contribution in [2.75, 3.05) is 25.9 Å². The van der Waals surface area contributed by atoms with Gasteiger partial charge >= 0.3 is 5.97 Å². The van der Waals surface area contributed by atoms with E-state index >= 15 is 0 Å². The summed E-state index contributed by atoms with van der Waals surface area (Å²) in [6.07, 6.45) is 3.56. The molecule has 9 nitrogen and oxygen atoms in total. The number of hydrogen-bond donors (Lipinski definition) is 1. The molecule has 43 heavy (non-hydrogen) atoms. The molecule has 1 fully saturated rings. The zero-order valence-corrected chi connectivity index (χ0v) is 23.6. The number of esters is 1. The molecule has 1 saturated heterocycles. The van der Waals surface area contributed by atoms with E-state index in [9.17, 15) is 4.79 Å². The summed E-state index contributed by atoms with van der Waals surface area (Å²) in [4.78, 5) is 33.2. The number of pyridine rings is 3. The zero-order chi connectivity index (χ0) is 29.3. The Morgan fingerprint density at radius 3 is 2.44 bits per heavy atom. The molecule has 0 saturated carbocycles. The summed E-state index contributed by atoms with van der Waals surface area (Å²) in [7, 11) is 1.39. The first-order chi connectivity index (χ1) is 21.1. The number of methoxy groups -OCH3 is 1. The number of benzene rings is 2. The Kier molecular flexibility index (Phi) is 6.84. The lowest BCUT2D eigenvalue weighted by Gasteiger charge is -2.39. The number of carbonyl (C=O) groups excluding carboxylic acids is 1. The summed E-state index contributed by atoms with van der Waals surface area (Å²) < 4.78 is 6.80. The van der Waals surface area contributed by atoms with E-state index in [1.807, 2.05) is 89.6 Å². The maximum Gasteiger partial charge on any atom is 0.337 e. The fraction of sp³-hybridized carbons (Fsp3) is 0.147. The van der Waals surface area contributed by atoms with Crippen molar-refractivity contribution in [2.45, 2.75) is 12.5 Å². The molecule has 0 unspecified atom stereocenters. The fourth-order valence-corrected chi connectivity index (χ4v) is 5.54. The normalized spacial score (nSPS) is 13.6. The van der Waals surface area contributed by atoms with Crippen LogP contribution in [0.4, 0.5) is 5.82 Å². The molecule has 0 bridgehead atoms. The molecule has 4 aromatic heterocycles. The Labute approximate surface area is 248 Å². The first kappa shape index (κ1) is 26.5. The molecule has 0 amide bonds. The van der Waals surface area contributed by atoms with Gasteiger partial charge in [0.15, 0.2) is 11.5 Å². The third kappa shape index (κ3) is 5.11. The molecule has 0 radical (unpaired) electrons. The lowest BCUT2D eigenvalue weighted by molar-refractivity contribution is 0.0600. The van der Waals surface area contributed by atoms with Gasteiger partial charge in [0, 0.05) is 43.0 Å². The van der Waals surface area contributed by atoms with Crippen LogP contribution in [0.15, 0.2) is 103 Å². The Balaban J connectivity index is 1.16. The van der Waals surface area contributed by atoms with Crippen molar-refractivity contribution < 1.29 is 9.53 Å². The summed E-state index contributed by atoms with van der Waals surface area (Å²) in [6, 6.07) is 29.6. The average Bonchev–Trinajstić information content (AvgIpc) is 3.42. The van der Waals surface area contributed by atoms with Gasteiger partial charge in [0.1, 0.15) is 11.3 Å². The maximum absolute atomic E-state index is 11.7. The summed E-state index contributed by atoms with van der Waals surface area (Å²) in [5.41, 5.74) is 14.0. The molecular formula is C34H29N7O2. The highest BCUT2D eigenvalue weighted by molar-refractivity contribution is 5.89. The second kappa shape index (κ2) is 11.1. The quantitative estimate of drug-likeness (QED) is 0.251. The Bertz CT molecular complexity index is 1910. The van der Waals surface area contributed by atoms with Gasteiger partial charge in [-0.25, -0.2) is 19.7 Å². The average molecular weight is 568 g/mol. The predicted molar refractivity (Wildman–Crippen MR) is 166 cm³/mol. The number of fused-ring (bicyclic) bond motifs is 1. The largest absolute Gasteiger partial charge is 0.465 e. The SMILES string of the molecule is COC(=O)c1ccc(CN2CC(c3ccc(-n4c(-c5cccnc5N)nc5ccc(-c6ccccc6)nc54)cn3)C2)cc1. The number of rotatable bonds is 7. The van der Waals surface area contributed by atoms with Crippen LogP contribution in [0, 0.1) is 0 Å². The number of hydrogen-bond acceptors (Lipinski definition) is 8. The molecule has 0 atom stereocenters. The van der Waals surface area contributed by atoms with Crippen LogP contribution >= 0.6 is 0 Å². The number of aromatic nitrogens is 5. The molecule has 1 aliphatic rings. The van der Waals surface area contributed by atoms with Gasteiger partial charge in [0.2, 0.25) is 0 Å².